The third-order valence-electron chi connectivity index (χ3n) is 4.87. The average molecular weight is 278 g/mol. The number of nitrogens with one attached hydrogen (secondary N) is 1. The Kier molecular flexibility index (Phi) is 4.25. The number of rotatable bonds is 5. The lowest BCUT2D eigenvalue weighted by atomic mass is 9.95. The Balaban J connectivity index is 1.66. The topological polar surface area (TPSA) is 15.3 Å². The minimum absolute atomic E-state index is 0.615. The van der Waals surface area contributed by atoms with Gasteiger partial charge in [0, 0.05) is 29.0 Å². The highest BCUT2D eigenvalue weighted by Gasteiger charge is 2.42. The van der Waals surface area contributed by atoms with Gasteiger partial charge in [0.2, 0.25) is 0 Å². The molecule has 0 aromatic carbocycles. The minimum atomic E-state index is 0.615. The maximum Gasteiger partial charge on any atom is 0.0419 e. The van der Waals surface area contributed by atoms with Gasteiger partial charge in [-0.25, -0.2) is 0 Å². The molecule has 2 nitrogen and oxygen atoms in total. The zero-order valence-corrected chi connectivity index (χ0v) is 13.0. The van der Waals surface area contributed by atoms with Crippen LogP contribution >= 0.6 is 11.3 Å². The lowest BCUT2D eigenvalue weighted by Crippen LogP contribution is -2.49. The van der Waals surface area contributed by atoms with Crippen LogP contribution in [0.2, 0.25) is 0 Å². The van der Waals surface area contributed by atoms with Crippen LogP contribution in [0.3, 0.4) is 0 Å². The molecule has 19 heavy (non-hydrogen) atoms. The van der Waals surface area contributed by atoms with Crippen LogP contribution in [0.5, 0.6) is 0 Å². The quantitative estimate of drug-likeness (QED) is 0.881. The molecule has 2 aliphatic heterocycles. The zero-order chi connectivity index (χ0) is 13.2. The van der Waals surface area contributed by atoms with Crippen molar-refractivity contribution in [2.75, 3.05) is 6.54 Å². The summed E-state index contributed by atoms with van der Waals surface area (Å²) in [5.41, 5.74) is 0. The summed E-state index contributed by atoms with van der Waals surface area (Å²) in [4.78, 5) is 4.35. The van der Waals surface area contributed by atoms with Crippen molar-refractivity contribution in [3.63, 3.8) is 0 Å². The highest BCUT2D eigenvalue weighted by atomic mass is 32.1. The van der Waals surface area contributed by atoms with Crippen molar-refractivity contribution in [2.45, 2.75) is 70.1 Å². The van der Waals surface area contributed by atoms with Crippen molar-refractivity contribution in [1.82, 2.24) is 10.2 Å². The number of hydrogen-bond acceptors (Lipinski definition) is 3. The maximum absolute atomic E-state index is 3.74. The molecule has 1 N–H and O–H groups in total. The van der Waals surface area contributed by atoms with E-state index in [0.29, 0.717) is 6.04 Å². The monoisotopic (exact) mass is 278 g/mol. The van der Waals surface area contributed by atoms with Gasteiger partial charge in [0.15, 0.2) is 0 Å². The van der Waals surface area contributed by atoms with E-state index in [0.717, 1.165) is 18.1 Å². The van der Waals surface area contributed by atoms with E-state index in [2.05, 4.69) is 41.6 Å². The smallest absolute Gasteiger partial charge is 0.0419 e. The van der Waals surface area contributed by atoms with Gasteiger partial charge in [-0.1, -0.05) is 13.0 Å². The lowest BCUT2D eigenvalue weighted by Gasteiger charge is -2.42. The molecule has 0 aliphatic carbocycles. The van der Waals surface area contributed by atoms with Gasteiger partial charge in [-0.2, -0.15) is 0 Å². The molecule has 1 aromatic heterocycles. The Morgan fingerprint density at radius 3 is 2.68 bits per heavy atom. The predicted octanol–water partition coefficient (Wildman–Crippen LogP) is 3.80. The van der Waals surface area contributed by atoms with Crippen molar-refractivity contribution in [1.29, 1.82) is 0 Å². The van der Waals surface area contributed by atoms with E-state index in [9.17, 15) is 0 Å². The summed E-state index contributed by atoms with van der Waals surface area (Å²) in [6.45, 7) is 5.84. The second-order valence-electron chi connectivity index (χ2n) is 6.15. The molecule has 3 heterocycles. The molecular formula is C16H26N2S. The normalized spacial score (nSPS) is 32.6. The summed E-state index contributed by atoms with van der Waals surface area (Å²) in [6.07, 6.45) is 6.77. The summed E-state index contributed by atoms with van der Waals surface area (Å²) in [7, 11) is 0. The number of fused-ring (bicyclic) bond motifs is 2. The fourth-order valence-corrected chi connectivity index (χ4v) is 4.83. The van der Waals surface area contributed by atoms with Gasteiger partial charge in [-0.15, -0.1) is 11.3 Å². The third kappa shape index (κ3) is 2.74. The summed E-state index contributed by atoms with van der Waals surface area (Å²) in [5, 5.41) is 5.95. The van der Waals surface area contributed by atoms with E-state index in [1.807, 2.05) is 11.3 Å². The highest BCUT2D eigenvalue weighted by molar-refractivity contribution is 7.10. The van der Waals surface area contributed by atoms with Crippen LogP contribution in [0, 0.1) is 0 Å². The molecule has 3 atom stereocenters. The van der Waals surface area contributed by atoms with Gasteiger partial charge < -0.3 is 5.32 Å². The first-order valence-electron chi connectivity index (χ1n) is 7.83. The summed E-state index contributed by atoms with van der Waals surface area (Å²) < 4.78 is 0. The second kappa shape index (κ2) is 5.94. The maximum atomic E-state index is 3.74. The number of hydrogen-bond donors (Lipinski definition) is 1. The van der Waals surface area contributed by atoms with E-state index in [-0.39, 0.29) is 0 Å². The zero-order valence-electron chi connectivity index (χ0n) is 12.1. The fraction of sp³-hybridized carbons (Fsp3) is 0.750. The van der Waals surface area contributed by atoms with E-state index in [4.69, 9.17) is 0 Å². The van der Waals surface area contributed by atoms with E-state index in [1.54, 1.807) is 0 Å². The highest BCUT2D eigenvalue weighted by Crippen LogP contribution is 2.42. The summed E-state index contributed by atoms with van der Waals surface area (Å²) in [5.74, 6) is 0. The Morgan fingerprint density at radius 2 is 2.11 bits per heavy atom. The Labute approximate surface area is 121 Å². The van der Waals surface area contributed by atoms with Crippen LogP contribution in [0.1, 0.15) is 56.9 Å². The van der Waals surface area contributed by atoms with Gasteiger partial charge in [0.05, 0.1) is 0 Å². The van der Waals surface area contributed by atoms with Crippen molar-refractivity contribution in [3.8, 4) is 0 Å². The van der Waals surface area contributed by atoms with Crippen LogP contribution in [-0.4, -0.2) is 29.6 Å². The van der Waals surface area contributed by atoms with Crippen LogP contribution in [0.4, 0.5) is 0 Å². The van der Waals surface area contributed by atoms with Crippen molar-refractivity contribution < 1.29 is 0 Å². The van der Waals surface area contributed by atoms with Gasteiger partial charge >= 0.3 is 0 Å². The van der Waals surface area contributed by atoms with E-state index in [1.165, 1.54) is 43.5 Å². The molecule has 3 unspecified atom stereocenters. The summed E-state index contributed by atoms with van der Waals surface area (Å²) >= 11 is 1.91. The Morgan fingerprint density at radius 1 is 1.37 bits per heavy atom. The Bertz CT molecular complexity index is 375. The fourth-order valence-electron chi connectivity index (χ4n) is 4.04. The molecule has 2 fully saturated rings. The molecule has 2 bridgehead atoms. The van der Waals surface area contributed by atoms with Gasteiger partial charge in [0.25, 0.3) is 0 Å². The number of piperidine rings is 1. The van der Waals surface area contributed by atoms with Crippen LogP contribution in [-0.2, 0) is 0 Å². The standard InChI is InChI=1S/C16H26N2S/c1-3-8-17-13-10-14-6-7-15(11-13)18(14)12(2)16-5-4-9-19-16/h4-5,9,12-15,17H,3,6-8,10-11H2,1-2H3. The average Bonchev–Trinajstić information content (AvgIpc) is 3.03. The van der Waals surface area contributed by atoms with Crippen molar-refractivity contribution >= 4 is 11.3 Å². The number of thiophene rings is 1. The first-order valence-corrected chi connectivity index (χ1v) is 8.71. The minimum Gasteiger partial charge on any atom is -0.314 e. The van der Waals surface area contributed by atoms with E-state index >= 15 is 0 Å². The molecule has 3 heteroatoms. The van der Waals surface area contributed by atoms with Gasteiger partial charge in [0.1, 0.15) is 0 Å². The molecule has 3 rings (SSSR count). The first-order chi connectivity index (χ1) is 9.29. The molecule has 1 aromatic rings. The molecular weight excluding hydrogens is 252 g/mol. The molecule has 0 amide bonds. The van der Waals surface area contributed by atoms with Crippen molar-refractivity contribution in [3.05, 3.63) is 22.4 Å². The van der Waals surface area contributed by atoms with Crippen LogP contribution in [0.25, 0.3) is 0 Å². The lowest BCUT2D eigenvalue weighted by molar-refractivity contribution is 0.0786. The Hall–Kier alpha value is -0.380. The summed E-state index contributed by atoms with van der Waals surface area (Å²) in [6, 6.07) is 7.49. The predicted molar refractivity (Wildman–Crippen MR) is 82.7 cm³/mol. The molecule has 0 radical (unpaired) electrons. The molecule has 2 aliphatic rings. The van der Waals surface area contributed by atoms with Crippen molar-refractivity contribution in [2.24, 2.45) is 0 Å². The van der Waals surface area contributed by atoms with E-state index < -0.39 is 0 Å². The van der Waals surface area contributed by atoms with Gasteiger partial charge in [-0.3, -0.25) is 4.90 Å². The second-order valence-corrected chi connectivity index (χ2v) is 7.13. The SMILES string of the molecule is CCCNC1CC2CCC(C1)N2C(C)c1cccs1. The molecule has 0 spiro atoms. The van der Waals surface area contributed by atoms with Crippen LogP contribution in [0.15, 0.2) is 17.5 Å². The molecule has 106 valence electrons. The largest absolute Gasteiger partial charge is 0.314 e. The van der Waals surface area contributed by atoms with Gasteiger partial charge in [-0.05, 0) is 57.0 Å². The van der Waals surface area contributed by atoms with Crippen LogP contribution < -0.4 is 5.32 Å². The molecule has 0 saturated carbocycles. The third-order valence-corrected chi connectivity index (χ3v) is 5.92. The molecule has 2 saturated heterocycles. The first kappa shape index (κ1) is 13.6. The number of nitrogens with zero attached hydrogens (tertiary/aromatic N) is 1.